The van der Waals surface area contributed by atoms with Crippen LogP contribution in [-0.2, 0) is 0 Å². The zero-order valence-electron chi connectivity index (χ0n) is 8.63. The van der Waals surface area contributed by atoms with E-state index in [-0.39, 0.29) is 16.3 Å². The van der Waals surface area contributed by atoms with Crippen LogP contribution in [-0.4, -0.2) is 25.3 Å². The number of aromatic carboxylic acids is 1. The zero-order valence-corrected chi connectivity index (χ0v) is 9.38. The number of rotatable bonds is 3. The summed E-state index contributed by atoms with van der Waals surface area (Å²) in [5.41, 5.74) is 0.558. The van der Waals surface area contributed by atoms with Crippen molar-refractivity contribution >= 4 is 17.6 Å². The van der Waals surface area contributed by atoms with Crippen LogP contribution < -0.4 is 9.47 Å². The maximum atomic E-state index is 11.0. The molecule has 0 aliphatic rings. The van der Waals surface area contributed by atoms with E-state index in [0.717, 1.165) is 0 Å². The first-order chi connectivity index (χ1) is 7.02. The molecule has 0 spiro atoms. The molecule has 0 aliphatic heterocycles. The smallest absolute Gasteiger partial charge is 0.341 e. The number of carboxylic acid groups (broad SMARTS) is 1. The monoisotopic (exact) mass is 230 g/mol. The second-order valence-corrected chi connectivity index (χ2v) is 3.30. The van der Waals surface area contributed by atoms with Crippen molar-refractivity contribution in [3.8, 4) is 11.5 Å². The molecule has 0 atom stereocenters. The summed E-state index contributed by atoms with van der Waals surface area (Å²) in [5, 5.41) is 9.17. The third kappa shape index (κ3) is 1.99. The highest BCUT2D eigenvalue weighted by Gasteiger charge is 2.21. The van der Waals surface area contributed by atoms with Crippen LogP contribution in [0.2, 0.25) is 5.02 Å². The molecule has 0 saturated carbocycles. The van der Waals surface area contributed by atoms with Gasteiger partial charge in [0.25, 0.3) is 0 Å². The Balaban J connectivity index is 3.56. The second-order valence-electron chi connectivity index (χ2n) is 2.92. The van der Waals surface area contributed by atoms with E-state index in [1.807, 2.05) is 0 Å². The lowest BCUT2D eigenvalue weighted by Gasteiger charge is -2.13. The first-order valence-electron chi connectivity index (χ1n) is 4.17. The lowest BCUT2D eigenvalue weighted by Crippen LogP contribution is -2.04. The van der Waals surface area contributed by atoms with Crippen molar-refractivity contribution < 1.29 is 19.4 Å². The average molecular weight is 231 g/mol. The fraction of sp³-hybridized carbons (Fsp3) is 0.300. The highest BCUT2D eigenvalue weighted by atomic mass is 35.5. The van der Waals surface area contributed by atoms with Gasteiger partial charge in [0, 0.05) is 0 Å². The maximum absolute atomic E-state index is 11.0. The molecular weight excluding hydrogens is 220 g/mol. The van der Waals surface area contributed by atoms with E-state index in [1.54, 1.807) is 13.0 Å². The molecule has 5 heteroatoms. The molecule has 0 aliphatic carbocycles. The molecule has 1 rings (SSSR count). The van der Waals surface area contributed by atoms with Crippen molar-refractivity contribution in [1.29, 1.82) is 0 Å². The van der Waals surface area contributed by atoms with Gasteiger partial charge >= 0.3 is 5.97 Å². The van der Waals surface area contributed by atoms with Gasteiger partial charge in [-0.05, 0) is 18.6 Å². The summed E-state index contributed by atoms with van der Waals surface area (Å²) in [4.78, 5) is 11.0. The summed E-state index contributed by atoms with van der Waals surface area (Å²) in [6, 6.07) is 1.63. The number of aryl methyl sites for hydroxylation is 1. The lowest BCUT2D eigenvalue weighted by atomic mass is 10.1. The van der Waals surface area contributed by atoms with Crippen molar-refractivity contribution in [2.75, 3.05) is 14.2 Å². The van der Waals surface area contributed by atoms with Gasteiger partial charge in [0.1, 0.15) is 5.56 Å². The van der Waals surface area contributed by atoms with Gasteiger partial charge in [0.15, 0.2) is 11.5 Å². The van der Waals surface area contributed by atoms with Crippen LogP contribution in [0.5, 0.6) is 11.5 Å². The molecule has 0 saturated heterocycles. The molecule has 0 radical (unpaired) electrons. The van der Waals surface area contributed by atoms with Gasteiger partial charge in [-0.2, -0.15) is 0 Å². The predicted octanol–water partition coefficient (Wildman–Crippen LogP) is 2.36. The zero-order chi connectivity index (χ0) is 11.6. The van der Waals surface area contributed by atoms with Gasteiger partial charge in [-0.1, -0.05) is 11.6 Å². The van der Waals surface area contributed by atoms with Crippen LogP contribution in [0.1, 0.15) is 15.9 Å². The highest BCUT2D eigenvalue weighted by molar-refractivity contribution is 6.34. The Kier molecular flexibility index (Phi) is 3.42. The molecule has 1 aromatic carbocycles. The first kappa shape index (κ1) is 11.7. The van der Waals surface area contributed by atoms with Crippen molar-refractivity contribution in [2.45, 2.75) is 6.92 Å². The van der Waals surface area contributed by atoms with E-state index in [9.17, 15) is 4.79 Å². The number of carboxylic acids is 1. The summed E-state index contributed by atoms with van der Waals surface area (Å²) < 4.78 is 9.99. The number of methoxy groups -OCH3 is 2. The Bertz CT molecular complexity index is 401. The van der Waals surface area contributed by atoms with Gasteiger partial charge in [-0.25, -0.2) is 4.79 Å². The molecule has 82 valence electrons. The molecule has 1 N–H and O–H groups in total. The van der Waals surface area contributed by atoms with Gasteiger partial charge in [-0.3, -0.25) is 0 Å². The molecule has 4 nitrogen and oxygen atoms in total. The van der Waals surface area contributed by atoms with Gasteiger partial charge < -0.3 is 14.6 Å². The molecule has 15 heavy (non-hydrogen) atoms. The third-order valence-corrected chi connectivity index (χ3v) is 2.49. The molecule has 0 amide bonds. The number of halogens is 1. The highest BCUT2D eigenvalue weighted by Crippen LogP contribution is 2.38. The van der Waals surface area contributed by atoms with Crippen LogP contribution in [0.15, 0.2) is 6.07 Å². The minimum atomic E-state index is -1.14. The Morgan fingerprint density at radius 1 is 1.40 bits per heavy atom. The normalized spacial score (nSPS) is 9.87. The Morgan fingerprint density at radius 2 is 2.00 bits per heavy atom. The van der Waals surface area contributed by atoms with Gasteiger partial charge in [0.2, 0.25) is 0 Å². The molecule has 0 unspecified atom stereocenters. The van der Waals surface area contributed by atoms with Crippen molar-refractivity contribution in [1.82, 2.24) is 0 Å². The van der Waals surface area contributed by atoms with E-state index in [0.29, 0.717) is 11.3 Å². The number of benzene rings is 1. The van der Waals surface area contributed by atoms with Crippen LogP contribution in [0.4, 0.5) is 0 Å². The predicted molar refractivity (Wildman–Crippen MR) is 56.3 cm³/mol. The lowest BCUT2D eigenvalue weighted by molar-refractivity contribution is 0.0692. The largest absolute Gasteiger partial charge is 0.493 e. The maximum Gasteiger partial charge on any atom is 0.341 e. The minimum Gasteiger partial charge on any atom is -0.493 e. The fourth-order valence-electron chi connectivity index (χ4n) is 1.29. The molecule has 0 bridgehead atoms. The molecule has 0 heterocycles. The van der Waals surface area contributed by atoms with E-state index < -0.39 is 5.97 Å². The Labute approximate surface area is 92.4 Å². The number of ether oxygens (including phenoxy) is 2. The Hall–Kier alpha value is -1.42. The second kappa shape index (κ2) is 4.40. The van der Waals surface area contributed by atoms with Crippen LogP contribution >= 0.6 is 11.6 Å². The first-order valence-corrected chi connectivity index (χ1v) is 4.55. The van der Waals surface area contributed by atoms with E-state index >= 15 is 0 Å². The van der Waals surface area contributed by atoms with Crippen LogP contribution in [0.3, 0.4) is 0 Å². The SMILES string of the molecule is COc1cc(C)c(Cl)c(C(=O)O)c1OC. The summed E-state index contributed by atoms with van der Waals surface area (Å²) in [5.74, 6) is -0.642. The van der Waals surface area contributed by atoms with Crippen molar-refractivity contribution in [3.63, 3.8) is 0 Å². The third-order valence-electron chi connectivity index (χ3n) is 2.00. The van der Waals surface area contributed by atoms with Gasteiger partial charge in [0.05, 0.1) is 19.2 Å². The fourth-order valence-corrected chi connectivity index (χ4v) is 1.51. The minimum absolute atomic E-state index is 0.0731. The van der Waals surface area contributed by atoms with E-state index in [1.165, 1.54) is 14.2 Å². The summed E-state index contributed by atoms with van der Waals surface area (Å²) in [7, 11) is 2.81. The number of hydrogen-bond acceptors (Lipinski definition) is 3. The number of carbonyl (C=O) groups is 1. The molecule has 1 aromatic rings. The molecule has 0 fully saturated rings. The van der Waals surface area contributed by atoms with E-state index in [2.05, 4.69) is 0 Å². The van der Waals surface area contributed by atoms with Gasteiger partial charge in [-0.15, -0.1) is 0 Å². The topological polar surface area (TPSA) is 55.8 Å². The standard InChI is InChI=1S/C10H11ClO4/c1-5-4-6(14-2)9(15-3)7(8(5)11)10(12)13/h4H,1-3H3,(H,12,13). The quantitative estimate of drug-likeness (QED) is 0.866. The average Bonchev–Trinajstić information content (AvgIpc) is 2.20. The number of hydrogen-bond donors (Lipinski definition) is 1. The van der Waals surface area contributed by atoms with Crippen LogP contribution in [0, 0.1) is 6.92 Å². The van der Waals surface area contributed by atoms with Crippen molar-refractivity contribution in [3.05, 3.63) is 22.2 Å². The molecule has 0 aromatic heterocycles. The summed E-state index contributed by atoms with van der Waals surface area (Å²) in [6.45, 7) is 1.71. The van der Waals surface area contributed by atoms with E-state index in [4.69, 9.17) is 26.2 Å². The van der Waals surface area contributed by atoms with Crippen LogP contribution in [0.25, 0.3) is 0 Å². The Morgan fingerprint density at radius 3 is 2.40 bits per heavy atom. The van der Waals surface area contributed by atoms with Crippen molar-refractivity contribution in [2.24, 2.45) is 0 Å². The molecular formula is C10H11ClO4. The summed E-state index contributed by atoms with van der Waals surface area (Å²) in [6.07, 6.45) is 0. The summed E-state index contributed by atoms with van der Waals surface area (Å²) >= 11 is 5.88.